The minimum atomic E-state index is 1.11. The lowest BCUT2D eigenvalue weighted by Crippen LogP contribution is -2.13. The molecule has 0 bridgehead atoms. The van der Waals surface area contributed by atoms with Gasteiger partial charge in [0.25, 0.3) is 0 Å². The molecule has 11 aromatic carbocycles. The van der Waals surface area contributed by atoms with Crippen LogP contribution in [0, 0.1) is 13.8 Å². The molecule has 0 amide bonds. The van der Waals surface area contributed by atoms with Gasteiger partial charge in [-0.3, -0.25) is 0 Å². The summed E-state index contributed by atoms with van der Waals surface area (Å²) < 4.78 is 2.40. The molecule has 0 unspecified atom stereocenters. The van der Waals surface area contributed by atoms with Crippen LogP contribution in [-0.2, 0) is 0 Å². The number of fused-ring (bicyclic) bond motifs is 7. The summed E-state index contributed by atoms with van der Waals surface area (Å²) in [7, 11) is 0. The highest BCUT2D eigenvalue weighted by atomic mass is 15.1. The van der Waals surface area contributed by atoms with Crippen LogP contribution in [0.25, 0.3) is 93.2 Å². The van der Waals surface area contributed by atoms with Crippen molar-refractivity contribution in [2.75, 3.05) is 4.90 Å². The Morgan fingerprint density at radius 1 is 0.312 bits per heavy atom. The molecule has 0 radical (unpaired) electrons. The fourth-order valence-electron chi connectivity index (χ4n) is 10.3. The highest BCUT2D eigenvalue weighted by Gasteiger charge is 2.20. The molecule has 0 atom stereocenters. The second kappa shape index (κ2) is 15.3. The maximum Gasteiger partial charge on any atom is 0.0541 e. The lowest BCUT2D eigenvalue weighted by atomic mass is 9.93. The molecule has 0 saturated heterocycles. The van der Waals surface area contributed by atoms with Crippen molar-refractivity contribution < 1.29 is 0 Å². The number of rotatable bonds is 7. The van der Waals surface area contributed by atoms with Crippen molar-refractivity contribution >= 4 is 71.2 Å². The smallest absolute Gasteiger partial charge is 0.0541 e. The Morgan fingerprint density at radius 2 is 0.812 bits per heavy atom. The molecule has 1 heterocycles. The Hall–Kier alpha value is -8.20. The standard InChI is InChI=1S/C62H44N2/c1-41-37-48(46-18-13-19-51(39-46)64-60-27-11-9-24-57(60)58-25-10-12-28-61(58)64)38-42(2)62(41)63(49-33-29-44(30-34-49)53-26-14-17-43-15-3-5-20-52(43)53)50-35-31-45(32-36-50)59-40-47-16-4-6-21-54(47)55-22-7-8-23-56(55)59/h3-40H,1-2H3. The van der Waals surface area contributed by atoms with Gasteiger partial charge in [0.1, 0.15) is 0 Å². The van der Waals surface area contributed by atoms with E-state index >= 15 is 0 Å². The predicted molar refractivity (Wildman–Crippen MR) is 274 cm³/mol. The van der Waals surface area contributed by atoms with Crippen molar-refractivity contribution in [1.29, 1.82) is 0 Å². The number of hydrogen-bond acceptors (Lipinski definition) is 1. The van der Waals surface area contributed by atoms with Crippen LogP contribution >= 0.6 is 0 Å². The topological polar surface area (TPSA) is 8.17 Å². The van der Waals surface area contributed by atoms with Gasteiger partial charge in [0.2, 0.25) is 0 Å². The van der Waals surface area contributed by atoms with E-state index in [2.05, 4.69) is 254 Å². The largest absolute Gasteiger partial charge is 0.310 e. The maximum absolute atomic E-state index is 2.44. The van der Waals surface area contributed by atoms with E-state index in [9.17, 15) is 0 Å². The fraction of sp³-hybridized carbons (Fsp3) is 0.0323. The molecule has 1 aromatic heterocycles. The minimum absolute atomic E-state index is 1.11. The Kier molecular flexibility index (Phi) is 8.98. The normalized spacial score (nSPS) is 11.6. The second-order valence-corrected chi connectivity index (χ2v) is 17.0. The lowest BCUT2D eigenvalue weighted by Gasteiger charge is -2.29. The molecule has 0 saturated carbocycles. The minimum Gasteiger partial charge on any atom is -0.310 e. The number of para-hydroxylation sites is 2. The van der Waals surface area contributed by atoms with E-state index < -0.39 is 0 Å². The third-order valence-electron chi connectivity index (χ3n) is 13.2. The first kappa shape index (κ1) is 37.6. The van der Waals surface area contributed by atoms with E-state index in [0.717, 1.165) is 17.1 Å². The van der Waals surface area contributed by atoms with Gasteiger partial charge in [-0.2, -0.15) is 0 Å². The molecule has 12 aromatic rings. The maximum atomic E-state index is 2.44. The third kappa shape index (κ3) is 6.26. The van der Waals surface area contributed by atoms with Gasteiger partial charge in [-0.25, -0.2) is 0 Å². The molecule has 0 aliphatic heterocycles. The van der Waals surface area contributed by atoms with E-state index in [1.807, 2.05) is 0 Å². The molecule has 2 nitrogen and oxygen atoms in total. The van der Waals surface area contributed by atoms with Crippen molar-refractivity contribution in [2.45, 2.75) is 13.8 Å². The molecule has 64 heavy (non-hydrogen) atoms. The van der Waals surface area contributed by atoms with Crippen molar-refractivity contribution in [3.8, 4) is 39.1 Å². The van der Waals surface area contributed by atoms with E-state index in [1.165, 1.54) is 104 Å². The molecule has 12 rings (SSSR count). The monoisotopic (exact) mass is 816 g/mol. The molecule has 0 aliphatic rings. The Labute approximate surface area is 373 Å². The third-order valence-corrected chi connectivity index (χ3v) is 13.2. The zero-order valence-electron chi connectivity index (χ0n) is 35.8. The quantitative estimate of drug-likeness (QED) is 0.146. The van der Waals surface area contributed by atoms with Crippen LogP contribution in [0.4, 0.5) is 17.1 Å². The average Bonchev–Trinajstić information content (AvgIpc) is 3.69. The first-order chi connectivity index (χ1) is 31.6. The molecule has 302 valence electrons. The van der Waals surface area contributed by atoms with Gasteiger partial charge in [-0.1, -0.05) is 164 Å². The summed E-state index contributed by atoms with van der Waals surface area (Å²) in [5, 5.41) is 10.1. The highest BCUT2D eigenvalue weighted by molar-refractivity contribution is 6.14. The van der Waals surface area contributed by atoms with Crippen LogP contribution in [0.15, 0.2) is 231 Å². The number of hydrogen-bond donors (Lipinski definition) is 0. The SMILES string of the molecule is Cc1cc(-c2cccc(-n3c4ccccc4c4ccccc43)c2)cc(C)c1N(c1ccc(-c2cccc3ccccc23)cc1)c1ccc(-c2cc3ccccc3c3ccccc23)cc1. The molecular weight excluding hydrogens is 773 g/mol. The average molecular weight is 817 g/mol. The number of aryl methyl sites for hydroxylation is 2. The fourth-order valence-corrected chi connectivity index (χ4v) is 10.3. The van der Waals surface area contributed by atoms with Crippen LogP contribution < -0.4 is 4.90 Å². The van der Waals surface area contributed by atoms with Crippen molar-refractivity contribution in [1.82, 2.24) is 4.57 Å². The molecule has 0 N–H and O–H groups in total. The van der Waals surface area contributed by atoms with Crippen LogP contribution in [0.3, 0.4) is 0 Å². The summed E-state index contributed by atoms with van der Waals surface area (Å²) in [5.74, 6) is 0. The van der Waals surface area contributed by atoms with Gasteiger partial charge in [0.15, 0.2) is 0 Å². The summed E-state index contributed by atoms with van der Waals surface area (Å²) in [6.07, 6.45) is 0. The zero-order chi connectivity index (χ0) is 42.7. The van der Waals surface area contributed by atoms with Gasteiger partial charge in [-0.15, -0.1) is 0 Å². The van der Waals surface area contributed by atoms with Gasteiger partial charge >= 0.3 is 0 Å². The highest BCUT2D eigenvalue weighted by Crippen LogP contribution is 2.44. The van der Waals surface area contributed by atoms with Gasteiger partial charge in [0.05, 0.1) is 16.7 Å². The number of anilines is 3. The van der Waals surface area contributed by atoms with Gasteiger partial charge in [0, 0.05) is 27.8 Å². The van der Waals surface area contributed by atoms with Crippen molar-refractivity contribution in [3.63, 3.8) is 0 Å². The van der Waals surface area contributed by atoms with E-state index in [0.29, 0.717) is 0 Å². The summed E-state index contributed by atoms with van der Waals surface area (Å²) in [5.41, 5.74) is 16.7. The van der Waals surface area contributed by atoms with E-state index in [1.54, 1.807) is 0 Å². The number of nitrogens with zero attached hydrogens (tertiary/aromatic N) is 2. The van der Waals surface area contributed by atoms with Crippen molar-refractivity contribution in [3.05, 3.63) is 242 Å². The second-order valence-electron chi connectivity index (χ2n) is 17.0. The van der Waals surface area contributed by atoms with E-state index in [4.69, 9.17) is 0 Å². The summed E-state index contributed by atoms with van der Waals surface area (Å²) in [6.45, 7) is 4.52. The van der Waals surface area contributed by atoms with Crippen molar-refractivity contribution in [2.24, 2.45) is 0 Å². The first-order valence-electron chi connectivity index (χ1n) is 22.2. The summed E-state index contributed by atoms with van der Waals surface area (Å²) >= 11 is 0. The Morgan fingerprint density at radius 3 is 1.47 bits per heavy atom. The number of benzene rings is 11. The van der Waals surface area contributed by atoms with Crippen LogP contribution in [0.5, 0.6) is 0 Å². The first-order valence-corrected chi connectivity index (χ1v) is 22.2. The Balaban J connectivity index is 0.977. The van der Waals surface area contributed by atoms with E-state index in [-0.39, 0.29) is 0 Å². The van der Waals surface area contributed by atoms with Gasteiger partial charge < -0.3 is 9.47 Å². The molecule has 2 heteroatoms. The number of aromatic nitrogens is 1. The Bertz CT molecular complexity index is 3660. The van der Waals surface area contributed by atoms with Gasteiger partial charge in [-0.05, 0) is 157 Å². The summed E-state index contributed by atoms with van der Waals surface area (Å²) in [6, 6.07) is 84.5. The molecule has 0 aliphatic carbocycles. The summed E-state index contributed by atoms with van der Waals surface area (Å²) in [4.78, 5) is 2.44. The molecular formula is C62H44N2. The molecule has 0 spiro atoms. The lowest BCUT2D eigenvalue weighted by molar-refractivity contribution is 1.18. The van der Waals surface area contributed by atoms with Crippen LogP contribution in [-0.4, -0.2) is 4.57 Å². The predicted octanol–water partition coefficient (Wildman–Crippen LogP) is 17.3. The van der Waals surface area contributed by atoms with Crippen LogP contribution in [0.1, 0.15) is 11.1 Å². The zero-order valence-corrected chi connectivity index (χ0v) is 35.8. The van der Waals surface area contributed by atoms with Crippen LogP contribution in [0.2, 0.25) is 0 Å². The molecule has 0 fully saturated rings.